The van der Waals surface area contributed by atoms with Gasteiger partial charge < -0.3 is 13.9 Å². The molecule has 0 N–H and O–H groups in total. The van der Waals surface area contributed by atoms with Crippen molar-refractivity contribution in [2.24, 2.45) is 0 Å². The van der Waals surface area contributed by atoms with Gasteiger partial charge in [-0.05, 0) is 106 Å². The maximum Gasteiger partial charge on any atom is 0.137 e. The molecule has 0 bridgehead atoms. The second-order valence-electron chi connectivity index (χ2n) is 16.1. The number of furan rings is 1. The average Bonchev–Trinajstić information content (AvgIpc) is 3.90. The molecule has 2 heterocycles. The second kappa shape index (κ2) is 15.3. The Kier molecular flexibility index (Phi) is 8.83. The third-order valence-corrected chi connectivity index (χ3v) is 12.4. The van der Waals surface area contributed by atoms with E-state index < -0.39 is 0 Å². The molecule has 2 aromatic heterocycles. The van der Waals surface area contributed by atoms with Gasteiger partial charge in [-0.15, -0.1) is 0 Å². The number of hydrogen-bond donors (Lipinski definition) is 0. The van der Waals surface area contributed by atoms with E-state index in [0.717, 1.165) is 61.4 Å². The molecular formula is C60H40N2O. The van der Waals surface area contributed by atoms with Crippen LogP contribution in [0.25, 0.3) is 93.9 Å². The van der Waals surface area contributed by atoms with Crippen LogP contribution in [-0.4, -0.2) is 4.57 Å². The number of nitrogens with zero attached hydrogens (tertiary/aromatic N) is 2. The third-order valence-electron chi connectivity index (χ3n) is 12.4. The number of anilines is 3. The molecule has 0 amide bonds. The van der Waals surface area contributed by atoms with Crippen LogP contribution >= 0.6 is 0 Å². The summed E-state index contributed by atoms with van der Waals surface area (Å²) in [5.74, 6) is 0. The molecule has 0 fully saturated rings. The highest BCUT2D eigenvalue weighted by Gasteiger charge is 2.18. The zero-order valence-corrected chi connectivity index (χ0v) is 34.4. The topological polar surface area (TPSA) is 21.3 Å². The van der Waals surface area contributed by atoms with Crippen molar-refractivity contribution in [3.8, 4) is 50.2 Å². The lowest BCUT2D eigenvalue weighted by atomic mass is 9.97. The van der Waals surface area contributed by atoms with E-state index in [1.165, 1.54) is 49.6 Å². The van der Waals surface area contributed by atoms with Gasteiger partial charge >= 0.3 is 0 Å². The van der Waals surface area contributed by atoms with E-state index in [4.69, 9.17) is 4.42 Å². The summed E-state index contributed by atoms with van der Waals surface area (Å²) < 4.78 is 8.84. The van der Waals surface area contributed by atoms with E-state index in [0.29, 0.717) is 0 Å². The molecule has 3 heteroatoms. The Morgan fingerprint density at radius 2 is 0.778 bits per heavy atom. The van der Waals surface area contributed by atoms with Gasteiger partial charge in [-0.3, -0.25) is 0 Å². The molecule has 0 saturated heterocycles. The second-order valence-corrected chi connectivity index (χ2v) is 16.1. The van der Waals surface area contributed by atoms with Crippen molar-refractivity contribution in [2.75, 3.05) is 4.90 Å². The van der Waals surface area contributed by atoms with Crippen LogP contribution in [0.2, 0.25) is 0 Å². The first kappa shape index (κ1) is 36.5. The molecule has 0 atom stereocenters. The number of hydrogen-bond acceptors (Lipinski definition) is 2. The lowest BCUT2D eigenvalue weighted by Crippen LogP contribution is -2.10. The van der Waals surface area contributed by atoms with Gasteiger partial charge in [0.15, 0.2) is 0 Å². The Hall–Kier alpha value is -8.40. The third kappa shape index (κ3) is 6.46. The van der Waals surface area contributed by atoms with Crippen molar-refractivity contribution in [3.63, 3.8) is 0 Å². The number of rotatable bonds is 8. The Bertz CT molecular complexity index is 3560. The van der Waals surface area contributed by atoms with Gasteiger partial charge in [-0.25, -0.2) is 0 Å². The van der Waals surface area contributed by atoms with Crippen molar-refractivity contribution in [2.45, 2.75) is 0 Å². The summed E-state index contributed by atoms with van der Waals surface area (Å²) in [5.41, 5.74) is 17.8. The molecule has 0 spiro atoms. The van der Waals surface area contributed by atoms with Gasteiger partial charge in [0, 0.05) is 50.2 Å². The Morgan fingerprint density at radius 1 is 0.286 bits per heavy atom. The molecular weight excluding hydrogens is 765 g/mol. The van der Waals surface area contributed by atoms with Crippen LogP contribution in [-0.2, 0) is 0 Å². The van der Waals surface area contributed by atoms with Crippen LogP contribution in [0.3, 0.4) is 0 Å². The average molecular weight is 805 g/mol. The fraction of sp³-hybridized carbons (Fsp3) is 0. The summed E-state index contributed by atoms with van der Waals surface area (Å²) in [7, 11) is 0. The van der Waals surface area contributed by atoms with Gasteiger partial charge in [0.25, 0.3) is 0 Å². The number of benzene rings is 10. The smallest absolute Gasteiger partial charge is 0.137 e. The Morgan fingerprint density at radius 3 is 1.52 bits per heavy atom. The number of para-hydroxylation sites is 4. The summed E-state index contributed by atoms with van der Waals surface area (Å²) in [6.45, 7) is 0. The van der Waals surface area contributed by atoms with E-state index in [1.54, 1.807) is 0 Å². The largest absolute Gasteiger partial charge is 0.456 e. The molecule has 296 valence electrons. The zero-order chi connectivity index (χ0) is 41.7. The summed E-state index contributed by atoms with van der Waals surface area (Å²) in [6.07, 6.45) is 0. The summed E-state index contributed by atoms with van der Waals surface area (Å²) in [4.78, 5) is 2.33. The van der Waals surface area contributed by atoms with Gasteiger partial charge in [-0.2, -0.15) is 0 Å². The maximum atomic E-state index is 6.43. The normalized spacial score (nSPS) is 11.5. The molecule has 0 unspecified atom stereocenters. The van der Waals surface area contributed by atoms with E-state index >= 15 is 0 Å². The number of aromatic nitrogens is 1. The molecule has 10 aromatic carbocycles. The highest BCUT2D eigenvalue weighted by atomic mass is 16.3. The zero-order valence-electron chi connectivity index (χ0n) is 34.4. The Labute approximate surface area is 366 Å². The summed E-state index contributed by atoms with van der Waals surface area (Å²) in [6, 6.07) is 87.1. The highest BCUT2D eigenvalue weighted by Crippen LogP contribution is 2.42. The predicted molar refractivity (Wildman–Crippen MR) is 264 cm³/mol. The fourth-order valence-corrected chi connectivity index (χ4v) is 9.38. The van der Waals surface area contributed by atoms with Crippen molar-refractivity contribution >= 4 is 60.8 Å². The predicted octanol–water partition coefficient (Wildman–Crippen LogP) is 16.8. The molecule has 63 heavy (non-hydrogen) atoms. The lowest BCUT2D eigenvalue weighted by molar-refractivity contribution is 0.669. The van der Waals surface area contributed by atoms with Gasteiger partial charge in [0.2, 0.25) is 0 Å². The van der Waals surface area contributed by atoms with Crippen LogP contribution in [0.5, 0.6) is 0 Å². The van der Waals surface area contributed by atoms with Crippen LogP contribution in [0.4, 0.5) is 17.1 Å². The lowest BCUT2D eigenvalue weighted by Gasteiger charge is -2.26. The first-order chi connectivity index (χ1) is 31.2. The SMILES string of the molecule is c1ccc(-c2ccc(-c3cccc(N(c4ccc(-c5cccc(-c6ccccc6-n6c7ccccc7c7ccccc76)c5)cc4)c4ccc5c(c4)oc4ccccc45)c3)cc2)cc1. The fourth-order valence-electron chi connectivity index (χ4n) is 9.38. The van der Waals surface area contributed by atoms with Gasteiger partial charge in [0.05, 0.1) is 16.7 Å². The summed E-state index contributed by atoms with van der Waals surface area (Å²) in [5, 5.41) is 4.74. The van der Waals surface area contributed by atoms with Crippen molar-refractivity contribution in [3.05, 3.63) is 243 Å². The maximum absolute atomic E-state index is 6.43. The van der Waals surface area contributed by atoms with E-state index in [2.05, 4.69) is 240 Å². The minimum atomic E-state index is 0.862. The molecule has 12 rings (SSSR count). The van der Waals surface area contributed by atoms with Crippen molar-refractivity contribution in [1.82, 2.24) is 4.57 Å². The van der Waals surface area contributed by atoms with E-state index in [9.17, 15) is 0 Å². The minimum Gasteiger partial charge on any atom is -0.456 e. The van der Waals surface area contributed by atoms with E-state index in [1.807, 2.05) is 12.1 Å². The van der Waals surface area contributed by atoms with Crippen LogP contribution in [0.15, 0.2) is 247 Å². The first-order valence-corrected chi connectivity index (χ1v) is 21.5. The molecule has 0 aliphatic rings. The van der Waals surface area contributed by atoms with Gasteiger partial charge in [-0.1, -0.05) is 170 Å². The first-order valence-electron chi connectivity index (χ1n) is 21.5. The molecule has 0 aliphatic heterocycles. The quantitative estimate of drug-likeness (QED) is 0.153. The molecule has 3 nitrogen and oxygen atoms in total. The monoisotopic (exact) mass is 804 g/mol. The Balaban J connectivity index is 0.929. The van der Waals surface area contributed by atoms with E-state index in [-0.39, 0.29) is 0 Å². The summed E-state index contributed by atoms with van der Waals surface area (Å²) >= 11 is 0. The van der Waals surface area contributed by atoms with Crippen molar-refractivity contribution in [1.29, 1.82) is 0 Å². The number of fused-ring (bicyclic) bond motifs is 6. The van der Waals surface area contributed by atoms with Crippen LogP contribution in [0.1, 0.15) is 0 Å². The van der Waals surface area contributed by atoms with Gasteiger partial charge in [0.1, 0.15) is 11.2 Å². The van der Waals surface area contributed by atoms with Crippen LogP contribution < -0.4 is 4.90 Å². The molecule has 0 aliphatic carbocycles. The minimum absolute atomic E-state index is 0.862. The standard InChI is InChI=1S/C60H40N2O/c1-2-14-41(15-3-1)42-28-30-43(31-29-42)46-17-13-19-49(39-46)61(50-36-37-55-54-23-7-11-27-59(54)63-60(55)40-50)48-34-32-44(33-35-48)45-16-12-18-47(38-45)51-20-4-8-24-56(51)62-57-25-9-5-21-52(57)53-22-6-10-26-58(53)62/h1-40H. The molecule has 12 aromatic rings. The highest BCUT2D eigenvalue weighted by molar-refractivity contribution is 6.10. The molecule has 0 saturated carbocycles. The van der Waals surface area contributed by atoms with Crippen molar-refractivity contribution < 1.29 is 4.42 Å². The van der Waals surface area contributed by atoms with Crippen LogP contribution in [0, 0.1) is 0 Å². The molecule has 0 radical (unpaired) electrons.